The summed E-state index contributed by atoms with van der Waals surface area (Å²) >= 11 is 0. The predicted octanol–water partition coefficient (Wildman–Crippen LogP) is 4.51. The first-order valence-corrected chi connectivity index (χ1v) is 9.93. The lowest BCUT2D eigenvalue weighted by molar-refractivity contribution is -0.105. The van der Waals surface area contributed by atoms with Crippen LogP contribution in [-0.4, -0.2) is 31.5 Å². The van der Waals surface area contributed by atoms with Crippen molar-refractivity contribution in [3.05, 3.63) is 90.0 Å². The summed E-state index contributed by atoms with van der Waals surface area (Å²) in [6.07, 6.45) is -0.382. The Bertz CT molecular complexity index is 1050. The largest absolute Gasteiger partial charge is 0.497 e. The Hall–Kier alpha value is -3.51. The minimum atomic E-state index is -0.766. The lowest BCUT2D eigenvalue weighted by Gasteiger charge is -2.35. The van der Waals surface area contributed by atoms with Crippen LogP contribution in [0.1, 0.15) is 11.1 Å². The Morgan fingerprint density at radius 2 is 1.57 bits per heavy atom. The van der Waals surface area contributed by atoms with Gasteiger partial charge in [-0.1, -0.05) is 53.1 Å². The van der Waals surface area contributed by atoms with E-state index >= 15 is 0 Å². The molecule has 2 aliphatic rings. The first kappa shape index (κ1) is 18.5. The van der Waals surface area contributed by atoms with E-state index in [2.05, 4.69) is 36.1 Å². The van der Waals surface area contributed by atoms with Crippen LogP contribution in [0.15, 0.2) is 78.9 Å². The number of methoxy groups -OCH3 is 1. The fraction of sp³-hybridized carbons (Fsp3) is 0.208. The normalized spacial score (nSPS) is 20.9. The second-order valence-electron chi connectivity index (χ2n) is 7.63. The van der Waals surface area contributed by atoms with Gasteiger partial charge in [0.15, 0.2) is 5.66 Å². The molecule has 0 spiro atoms. The molecular weight excluding hydrogens is 378 g/mol. The van der Waals surface area contributed by atoms with Crippen LogP contribution >= 0.6 is 0 Å². The number of carbonyl (C=O) groups excluding carboxylic acids is 1. The van der Waals surface area contributed by atoms with Crippen LogP contribution < -0.4 is 14.5 Å². The molecule has 0 aliphatic carbocycles. The van der Waals surface area contributed by atoms with Gasteiger partial charge in [-0.3, -0.25) is 0 Å². The summed E-state index contributed by atoms with van der Waals surface area (Å²) in [5, 5.41) is 1.79. The standard InChI is InChI=1S/C24H23N3O3/c1-18-8-10-20(11-9-18)25-16-24(19-6-4-3-5-7-19)26(17-25)30-23(28)27(24)21-12-14-22(29-2)15-13-21/h3-15H,16-17H2,1-2H3. The highest BCUT2D eigenvalue weighted by Gasteiger charge is 2.61. The van der Waals surface area contributed by atoms with Crippen LogP contribution in [-0.2, 0) is 10.5 Å². The number of hydroxylamine groups is 2. The van der Waals surface area contributed by atoms with Crippen molar-refractivity contribution in [2.75, 3.05) is 30.1 Å². The zero-order valence-electron chi connectivity index (χ0n) is 17.0. The van der Waals surface area contributed by atoms with Crippen molar-refractivity contribution in [2.45, 2.75) is 12.6 Å². The average Bonchev–Trinajstić information content (AvgIpc) is 3.27. The van der Waals surface area contributed by atoms with Gasteiger partial charge in [-0.05, 0) is 48.9 Å². The minimum Gasteiger partial charge on any atom is -0.497 e. The van der Waals surface area contributed by atoms with Crippen LogP contribution in [0.2, 0.25) is 0 Å². The van der Waals surface area contributed by atoms with E-state index in [0.29, 0.717) is 13.2 Å². The average molecular weight is 401 g/mol. The topological polar surface area (TPSA) is 45.2 Å². The van der Waals surface area contributed by atoms with Gasteiger partial charge in [0.2, 0.25) is 0 Å². The highest BCUT2D eigenvalue weighted by Crippen LogP contribution is 2.47. The summed E-state index contributed by atoms with van der Waals surface area (Å²) < 4.78 is 5.29. The fourth-order valence-electron chi connectivity index (χ4n) is 4.29. The van der Waals surface area contributed by atoms with Crippen molar-refractivity contribution >= 4 is 17.5 Å². The highest BCUT2D eigenvalue weighted by molar-refractivity contribution is 5.92. The summed E-state index contributed by atoms with van der Waals surface area (Å²) in [6, 6.07) is 26.0. The number of amides is 1. The van der Waals surface area contributed by atoms with Crippen molar-refractivity contribution < 1.29 is 14.4 Å². The van der Waals surface area contributed by atoms with Crippen molar-refractivity contribution in [3.63, 3.8) is 0 Å². The molecule has 1 unspecified atom stereocenters. The molecule has 0 saturated carbocycles. The van der Waals surface area contributed by atoms with Crippen LogP contribution in [0.4, 0.5) is 16.2 Å². The van der Waals surface area contributed by atoms with Gasteiger partial charge in [0.1, 0.15) is 12.4 Å². The Balaban J connectivity index is 1.61. The van der Waals surface area contributed by atoms with Gasteiger partial charge in [-0.15, -0.1) is 0 Å². The van der Waals surface area contributed by atoms with E-state index in [1.54, 1.807) is 17.1 Å². The smallest absolute Gasteiger partial charge is 0.435 e. The molecule has 0 radical (unpaired) electrons. The van der Waals surface area contributed by atoms with E-state index < -0.39 is 5.66 Å². The van der Waals surface area contributed by atoms with E-state index in [0.717, 1.165) is 22.7 Å². The molecule has 2 heterocycles. The van der Waals surface area contributed by atoms with Crippen LogP contribution in [0, 0.1) is 6.92 Å². The summed E-state index contributed by atoms with van der Waals surface area (Å²) in [4.78, 5) is 22.8. The molecule has 2 aliphatic heterocycles. The van der Waals surface area contributed by atoms with Crippen LogP contribution in [0.25, 0.3) is 0 Å². The maximum absolute atomic E-state index is 13.0. The maximum atomic E-state index is 13.0. The zero-order valence-corrected chi connectivity index (χ0v) is 17.0. The van der Waals surface area contributed by atoms with Crippen molar-refractivity contribution in [1.82, 2.24) is 5.06 Å². The quantitative estimate of drug-likeness (QED) is 0.644. The SMILES string of the molecule is COc1ccc(N2C(=O)ON3CN(c4ccc(C)cc4)CC32c2ccccc2)cc1. The summed E-state index contributed by atoms with van der Waals surface area (Å²) in [6.45, 7) is 3.14. The Morgan fingerprint density at radius 3 is 2.23 bits per heavy atom. The number of rotatable bonds is 4. The summed E-state index contributed by atoms with van der Waals surface area (Å²) in [5.74, 6) is 0.740. The Morgan fingerprint density at radius 1 is 0.900 bits per heavy atom. The lowest BCUT2D eigenvalue weighted by Crippen LogP contribution is -2.50. The second-order valence-corrected chi connectivity index (χ2v) is 7.63. The first-order valence-electron chi connectivity index (χ1n) is 9.93. The van der Waals surface area contributed by atoms with Gasteiger partial charge in [0, 0.05) is 11.4 Å². The van der Waals surface area contributed by atoms with Crippen LogP contribution in [0.5, 0.6) is 5.75 Å². The molecule has 0 bridgehead atoms. The molecule has 0 N–H and O–H groups in total. The number of hydrogen-bond donors (Lipinski definition) is 0. The number of nitrogens with zero attached hydrogens (tertiary/aromatic N) is 3. The number of ether oxygens (including phenoxy) is 1. The molecule has 6 heteroatoms. The number of carbonyl (C=O) groups is 1. The van der Waals surface area contributed by atoms with Crippen molar-refractivity contribution in [1.29, 1.82) is 0 Å². The third-order valence-corrected chi connectivity index (χ3v) is 5.83. The zero-order chi connectivity index (χ0) is 20.7. The molecule has 0 aromatic heterocycles. The van der Waals surface area contributed by atoms with Gasteiger partial charge >= 0.3 is 6.09 Å². The monoisotopic (exact) mass is 401 g/mol. The van der Waals surface area contributed by atoms with Crippen molar-refractivity contribution in [3.8, 4) is 5.75 Å². The van der Waals surface area contributed by atoms with E-state index in [9.17, 15) is 4.79 Å². The molecular formula is C24H23N3O3. The lowest BCUT2D eigenvalue weighted by atomic mass is 9.97. The van der Waals surface area contributed by atoms with Crippen LogP contribution in [0.3, 0.4) is 0 Å². The number of anilines is 2. The van der Waals surface area contributed by atoms with E-state index in [1.165, 1.54) is 5.56 Å². The molecule has 2 saturated heterocycles. The van der Waals surface area contributed by atoms with Gasteiger partial charge in [-0.25, -0.2) is 9.69 Å². The molecule has 30 heavy (non-hydrogen) atoms. The van der Waals surface area contributed by atoms with E-state index in [4.69, 9.17) is 9.57 Å². The number of fused-ring (bicyclic) bond motifs is 1. The number of hydrogen-bond acceptors (Lipinski definition) is 5. The molecule has 2 fully saturated rings. The molecule has 6 nitrogen and oxygen atoms in total. The highest BCUT2D eigenvalue weighted by atomic mass is 16.8. The summed E-state index contributed by atoms with van der Waals surface area (Å²) in [7, 11) is 1.63. The van der Waals surface area contributed by atoms with Crippen molar-refractivity contribution in [2.24, 2.45) is 0 Å². The van der Waals surface area contributed by atoms with E-state index in [1.807, 2.05) is 54.6 Å². The Labute approximate surface area is 175 Å². The van der Waals surface area contributed by atoms with Gasteiger partial charge < -0.3 is 14.5 Å². The minimum absolute atomic E-state index is 0.382. The maximum Gasteiger partial charge on any atom is 0.435 e. The summed E-state index contributed by atoms with van der Waals surface area (Å²) in [5.41, 5.74) is 3.30. The molecule has 1 atom stereocenters. The molecule has 3 aromatic rings. The number of benzene rings is 3. The van der Waals surface area contributed by atoms with E-state index in [-0.39, 0.29) is 6.09 Å². The molecule has 152 valence electrons. The fourth-order valence-corrected chi connectivity index (χ4v) is 4.29. The predicted molar refractivity (Wildman–Crippen MR) is 115 cm³/mol. The molecule has 1 amide bonds. The van der Waals surface area contributed by atoms with Gasteiger partial charge in [0.05, 0.1) is 13.7 Å². The molecule has 3 aromatic carbocycles. The molecule has 5 rings (SSSR count). The van der Waals surface area contributed by atoms with Gasteiger partial charge in [-0.2, -0.15) is 0 Å². The second kappa shape index (κ2) is 7.07. The third-order valence-electron chi connectivity index (χ3n) is 5.83. The number of aryl methyl sites for hydroxylation is 1. The Kier molecular flexibility index (Phi) is 4.37. The first-order chi connectivity index (χ1) is 14.6. The third kappa shape index (κ3) is 2.80. The van der Waals surface area contributed by atoms with Gasteiger partial charge in [0.25, 0.3) is 0 Å².